The Balaban J connectivity index is 1.34. The number of carbonyl (C=O) groups excluding carboxylic acids is 2. The SMILES string of the molecule is COc1cccc(NC(=O)CN(Cc2ccc(C(=O)NC3CC3)cc2)C2CC2)c1. The van der Waals surface area contributed by atoms with Crippen LogP contribution in [0.15, 0.2) is 48.5 Å². The number of amides is 2. The Bertz CT molecular complexity index is 873. The lowest BCUT2D eigenvalue weighted by molar-refractivity contribution is -0.117. The van der Waals surface area contributed by atoms with Crippen LogP contribution in [0.1, 0.15) is 41.6 Å². The molecule has 2 fully saturated rings. The van der Waals surface area contributed by atoms with Crippen LogP contribution >= 0.6 is 0 Å². The summed E-state index contributed by atoms with van der Waals surface area (Å²) in [6, 6.07) is 15.9. The smallest absolute Gasteiger partial charge is 0.251 e. The predicted molar refractivity (Wildman–Crippen MR) is 112 cm³/mol. The first-order chi connectivity index (χ1) is 14.1. The minimum atomic E-state index is -0.0365. The van der Waals surface area contributed by atoms with E-state index in [9.17, 15) is 9.59 Å². The molecule has 2 aliphatic carbocycles. The summed E-state index contributed by atoms with van der Waals surface area (Å²) < 4.78 is 5.21. The van der Waals surface area contributed by atoms with E-state index < -0.39 is 0 Å². The fourth-order valence-corrected chi connectivity index (χ4v) is 3.33. The molecule has 2 N–H and O–H groups in total. The van der Waals surface area contributed by atoms with Gasteiger partial charge in [0.1, 0.15) is 5.75 Å². The number of rotatable bonds is 9. The van der Waals surface area contributed by atoms with Crippen molar-refractivity contribution in [1.29, 1.82) is 0 Å². The van der Waals surface area contributed by atoms with Crippen molar-refractivity contribution < 1.29 is 14.3 Å². The van der Waals surface area contributed by atoms with Crippen LogP contribution in [0.2, 0.25) is 0 Å². The Kier molecular flexibility index (Phi) is 5.81. The minimum absolute atomic E-state index is 0.00392. The van der Waals surface area contributed by atoms with Crippen molar-refractivity contribution in [2.45, 2.75) is 44.3 Å². The predicted octanol–water partition coefficient (Wildman–Crippen LogP) is 3.19. The third kappa shape index (κ3) is 5.57. The number of methoxy groups -OCH3 is 1. The van der Waals surface area contributed by atoms with Gasteiger partial charge in [0.2, 0.25) is 5.91 Å². The van der Waals surface area contributed by atoms with E-state index in [0.717, 1.165) is 36.9 Å². The molecule has 0 aromatic heterocycles. The lowest BCUT2D eigenvalue weighted by atomic mass is 10.1. The zero-order valence-corrected chi connectivity index (χ0v) is 16.7. The summed E-state index contributed by atoms with van der Waals surface area (Å²) in [5.74, 6) is 0.675. The summed E-state index contributed by atoms with van der Waals surface area (Å²) in [7, 11) is 1.61. The van der Waals surface area contributed by atoms with E-state index in [4.69, 9.17) is 4.74 Å². The second kappa shape index (κ2) is 8.66. The van der Waals surface area contributed by atoms with Crippen LogP contribution in [-0.2, 0) is 11.3 Å². The van der Waals surface area contributed by atoms with Gasteiger partial charge in [0.25, 0.3) is 5.91 Å². The fraction of sp³-hybridized carbons (Fsp3) is 0.391. The maximum atomic E-state index is 12.6. The van der Waals surface area contributed by atoms with E-state index in [-0.39, 0.29) is 11.8 Å². The number of anilines is 1. The van der Waals surface area contributed by atoms with Gasteiger partial charge < -0.3 is 15.4 Å². The summed E-state index contributed by atoms with van der Waals surface area (Å²) in [5, 5.41) is 5.95. The zero-order valence-electron chi connectivity index (χ0n) is 16.7. The first-order valence-corrected chi connectivity index (χ1v) is 10.2. The van der Waals surface area contributed by atoms with Crippen molar-refractivity contribution in [3.8, 4) is 5.75 Å². The Hall–Kier alpha value is -2.86. The summed E-state index contributed by atoms with van der Waals surface area (Å²) in [6.45, 7) is 1.03. The Morgan fingerprint density at radius 3 is 2.48 bits per heavy atom. The van der Waals surface area contributed by atoms with E-state index >= 15 is 0 Å². The van der Waals surface area contributed by atoms with Gasteiger partial charge in [-0.1, -0.05) is 18.2 Å². The molecule has 0 spiro atoms. The van der Waals surface area contributed by atoms with E-state index in [1.807, 2.05) is 48.5 Å². The molecule has 0 bridgehead atoms. The van der Waals surface area contributed by atoms with Crippen LogP contribution in [0.4, 0.5) is 5.69 Å². The highest BCUT2D eigenvalue weighted by molar-refractivity contribution is 5.94. The number of hydrogen-bond donors (Lipinski definition) is 2. The molecule has 0 heterocycles. The first kappa shape index (κ1) is 19.5. The lowest BCUT2D eigenvalue weighted by Crippen LogP contribution is -2.34. The van der Waals surface area contributed by atoms with E-state index in [1.165, 1.54) is 0 Å². The molecule has 2 aliphatic rings. The van der Waals surface area contributed by atoms with Crippen molar-refractivity contribution in [3.63, 3.8) is 0 Å². The highest BCUT2D eigenvalue weighted by atomic mass is 16.5. The van der Waals surface area contributed by atoms with Gasteiger partial charge in [-0.3, -0.25) is 14.5 Å². The van der Waals surface area contributed by atoms with E-state index in [2.05, 4.69) is 15.5 Å². The summed E-state index contributed by atoms with van der Waals surface area (Å²) >= 11 is 0. The lowest BCUT2D eigenvalue weighted by Gasteiger charge is -2.21. The van der Waals surface area contributed by atoms with Gasteiger partial charge in [-0.25, -0.2) is 0 Å². The van der Waals surface area contributed by atoms with Gasteiger partial charge >= 0.3 is 0 Å². The molecule has 2 saturated carbocycles. The van der Waals surface area contributed by atoms with Crippen LogP contribution in [0.25, 0.3) is 0 Å². The highest BCUT2D eigenvalue weighted by Crippen LogP contribution is 2.28. The number of nitrogens with zero attached hydrogens (tertiary/aromatic N) is 1. The van der Waals surface area contributed by atoms with Gasteiger partial charge in [0, 0.05) is 35.9 Å². The standard InChI is InChI=1S/C23H27N3O3/c1-29-21-4-2-3-19(13-21)24-22(27)15-26(20-11-12-20)14-16-5-7-17(8-6-16)23(28)25-18-9-10-18/h2-8,13,18,20H,9-12,14-15H2,1H3,(H,24,27)(H,25,28). The van der Waals surface area contributed by atoms with Crippen molar-refractivity contribution in [2.24, 2.45) is 0 Å². The normalized spacial score (nSPS) is 15.8. The number of nitrogens with one attached hydrogen (secondary N) is 2. The summed E-state index contributed by atoms with van der Waals surface area (Å²) in [4.78, 5) is 26.9. The average Bonchev–Trinajstić information content (AvgIpc) is 3.62. The molecule has 0 saturated heterocycles. The number of benzene rings is 2. The number of hydrogen-bond acceptors (Lipinski definition) is 4. The second-order valence-electron chi connectivity index (χ2n) is 7.86. The molecule has 6 nitrogen and oxygen atoms in total. The molecule has 0 unspecified atom stereocenters. The molecule has 2 amide bonds. The maximum absolute atomic E-state index is 12.6. The molecule has 0 aliphatic heterocycles. The van der Waals surface area contributed by atoms with Gasteiger partial charge in [-0.05, 0) is 55.5 Å². The third-order valence-corrected chi connectivity index (χ3v) is 5.28. The quantitative estimate of drug-likeness (QED) is 0.686. The maximum Gasteiger partial charge on any atom is 0.251 e. The molecular weight excluding hydrogens is 366 g/mol. The van der Waals surface area contributed by atoms with Crippen LogP contribution in [-0.4, -0.2) is 42.5 Å². The molecule has 0 radical (unpaired) electrons. The van der Waals surface area contributed by atoms with Crippen molar-refractivity contribution in [2.75, 3.05) is 19.0 Å². The second-order valence-corrected chi connectivity index (χ2v) is 7.86. The molecule has 0 atom stereocenters. The van der Waals surface area contributed by atoms with Gasteiger partial charge in [0.15, 0.2) is 0 Å². The average molecular weight is 393 g/mol. The fourth-order valence-electron chi connectivity index (χ4n) is 3.33. The molecule has 2 aromatic rings. The minimum Gasteiger partial charge on any atom is -0.497 e. The topological polar surface area (TPSA) is 70.7 Å². The van der Waals surface area contributed by atoms with Crippen molar-refractivity contribution >= 4 is 17.5 Å². The molecule has 2 aromatic carbocycles. The van der Waals surface area contributed by atoms with Crippen LogP contribution in [0.5, 0.6) is 5.75 Å². The summed E-state index contributed by atoms with van der Waals surface area (Å²) in [6.07, 6.45) is 4.40. The monoisotopic (exact) mass is 393 g/mol. The van der Waals surface area contributed by atoms with Gasteiger partial charge in [-0.15, -0.1) is 0 Å². The van der Waals surface area contributed by atoms with Crippen molar-refractivity contribution in [1.82, 2.24) is 10.2 Å². The van der Waals surface area contributed by atoms with Crippen LogP contribution < -0.4 is 15.4 Å². The van der Waals surface area contributed by atoms with Crippen LogP contribution in [0, 0.1) is 0 Å². The Labute approximate surface area is 171 Å². The van der Waals surface area contributed by atoms with Crippen molar-refractivity contribution in [3.05, 3.63) is 59.7 Å². The molecule has 29 heavy (non-hydrogen) atoms. The van der Waals surface area contributed by atoms with Crippen LogP contribution in [0.3, 0.4) is 0 Å². The molecule has 6 heteroatoms. The van der Waals surface area contributed by atoms with Gasteiger partial charge in [-0.2, -0.15) is 0 Å². The number of ether oxygens (including phenoxy) is 1. The number of carbonyl (C=O) groups is 2. The summed E-state index contributed by atoms with van der Waals surface area (Å²) in [5.41, 5.74) is 2.53. The molecular formula is C23H27N3O3. The van der Waals surface area contributed by atoms with E-state index in [1.54, 1.807) is 7.11 Å². The largest absolute Gasteiger partial charge is 0.497 e. The highest BCUT2D eigenvalue weighted by Gasteiger charge is 2.30. The molecule has 4 rings (SSSR count). The van der Waals surface area contributed by atoms with E-state index in [0.29, 0.717) is 36.5 Å². The first-order valence-electron chi connectivity index (χ1n) is 10.2. The Morgan fingerprint density at radius 2 is 1.83 bits per heavy atom. The zero-order chi connectivity index (χ0) is 20.2. The third-order valence-electron chi connectivity index (χ3n) is 5.28. The Morgan fingerprint density at radius 1 is 1.07 bits per heavy atom. The molecule has 152 valence electrons. The van der Waals surface area contributed by atoms with Gasteiger partial charge in [0.05, 0.1) is 13.7 Å².